The van der Waals surface area contributed by atoms with E-state index in [1.807, 2.05) is 0 Å². The number of benzene rings is 1. The van der Waals surface area contributed by atoms with Gasteiger partial charge in [-0.05, 0) is 38.8 Å². The molecule has 2 atom stereocenters. The number of anilines is 1. The lowest BCUT2D eigenvalue weighted by Crippen LogP contribution is -2.67. The Morgan fingerprint density at radius 1 is 1.26 bits per heavy atom. The fourth-order valence-electron chi connectivity index (χ4n) is 3.89. The van der Waals surface area contributed by atoms with Gasteiger partial charge in [0, 0.05) is 35.9 Å². The molecule has 1 N–H and O–H groups in total. The number of nitrogens with zero attached hydrogens (tertiary/aromatic N) is 1. The van der Waals surface area contributed by atoms with Crippen LogP contribution in [-0.4, -0.2) is 30.8 Å². The first-order valence-electron chi connectivity index (χ1n) is 8.14. The lowest BCUT2D eigenvalue weighted by atomic mass is 9.83. The maximum atomic E-state index is 14.1. The van der Waals surface area contributed by atoms with E-state index >= 15 is 0 Å². The van der Waals surface area contributed by atoms with Gasteiger partial charge in [0.1, 0.15) is 0 Å². The van der Waals surface area contributed by atoms with Gasteiger partial charge in [-0.2, -0.15) is 8.78 Å². The van der Waals surface area contributed by atoms with Crippen LogP contribution in [0, 0.1) is 5.82 Å². The van der Waals surface area contributed by atoms with Crippen LogP contribution in [0.25, 0.3) is 0 Å². The van der Waals surface area contributed by atoms with Crippen molar-refractivity contribution in [2.24, 2.45) is 0 Å². The maximum Gasteiger partial charge on any atom is 0.387 e. The molecular weight excluding hydrogens is 305 g/mol. The molecule has 3 rings (SSSR count). The Kier molecular flexibility index (Phi) is 4.45. The largest absolute Gasteiger partial charge is 0.432 e. The number of nitrogens with one attached hydrogen (secondary N) is 1. The number of piperazine rings is 1. The fraction of sp³-hybridized carbons (Fsp3) is 0.647. The van der Waals surface area contributed by atoms with E-state index in [-0.39, 0.29) is 5.54 Å². The Balaban J connectivity index is 1.87. The molecule has 6 heteroatoms. The van der Waals surface area contributed by atoms with E-state index < -0.39 is 18.2 Å². The summed E-state index contributed by atoms with van der Waals surface area (Å²) in [5.41, 5.74) is 0.656. The van der Waals surface area contributed by atoms with E-state index in [2.05, 4.69) is 28.8 Å². The summed E-state index contributed by atoms with van der Waals surface area (Å²) in [6.45, 7) is 2.00. The van der Waals surface area contributed by atoms with Crippen molar-refractivity contribution < 1.29 is 17.9 Å². The monoisotopic (exact) mass is 328 g/mol. The molecule has 1 aliphatic heterocycles. The van der Waals surface area contributed by atoms with Gasteiger partial charge in [0.15, 0.2) is 11.6 Å². The molecule has 0 bridgehead atoms. The number of alkyl halides is 2. The Bertz CT molecular complexity index is 565. The average Bonchev–Trinajstić information content (AvgIpc) is 2.47. The Morgan fingerprint density at radius 3 is 2.70 bits per heavy atom. The number of fused-ring (bicyclic) bond motifs is 1. The average molecular weight is 328 g/mol. The molecule has 0 spiro atoms. The van der Waals surface area contributed by atoms with Crippen molar-refractivity contribution >= 4 is 5.69 Å². The van der Waals surface area contributed by atoms with Crippen LogP contribution in [0.4, 0.5) is 18.9 Å². The molecule has 1 aromatic rings. The van der Waals surface area contributed by atoms with Crippen molar-refractivity contribution in [1.29, 1.82) is 0 Å². The molecule has 1 aromatic carbocycles. The summed E-state index contributed by atoms with van der Waals surface area (Å²) in [5.74, 6) is -1.15. The van der Waals surface area contributed by atoms with Crippen LogP contribution in [0.2, 0.25) is 0 Å². The van der Waals surface area contributed by atoms with Crippen molar-refractivity contribution in [1.82, 2.24) is 5.32 Å². The second-order valence-corrected chi connectivity index (χ2v) is 7.11. The van der Waals surface area contributed by atoms with Crippen LogP contribution in [-0.2, 0) is 0 Å². The third-order valence-corrected chi connectivity index (χ3v) is 4.73. The molecule has 2 aliphatic rings. The van der Waals surface area contributed by atoms with Crippen LogP contribution in [0.1, 0.15) is 39.5 Å². The zero-order valence-electron chi connectivity index (χ0n) is 13.5. The molecule has 1 saturated heterocycles. The highest BCUT2D eigenvalue weighted by atomic mass is 19.3. The van der Waals surface area contributed by atoms with Crippen molar-refractivity contribution in [2.45, 2.75) is 63.8 Å². The molecule has 2 fully saturated rings. The SMILES string of the molecule is CC1(C)CN(c2ccc(OC(F)F)c(F)c2)[C@H]2CCCC[C@@H]2N1. The van der Waals surface area contributed by atoms with E-state index in [1.165, 1.54) is 18.6 Å². The standard InChI is InChI=1S/C17H23F3N2O/c1-17(2)10-22(14-6-4-3-5-13(14)21-17)11-7-8-15(12(18)9-11)23-16(19)20/h7-9,13-14,16,21H,3-6,10H2,1-2H3/t13-,14-/m0/s1. The molecular formula is C17H23F3N2O. The van der Waals surface area contributed by atoms with Crippen molar-refractivity contribution in [3.8, 4) is 5.75 Å². The van der Waals surface area contributed by atoms with Crippen LogP contribution in [0.3, 0.4) is 0 Å². The van der Waals surface area contributed by atoms with Crippen LogP contribution >= 0.6 is 0 Å². The van der Waals surface area contributed by atoms with E-state index in [0.29, 0.717) is 12.1 Å². The first-order chi connectivity index (χ1) is 10.9. The van der Waals surface area contributed by atoms with Crippen LogP contribution in [0.15, 0.2) is 18.2 Å². The summed E-state index contributed by atoms with van der Waals surface area (Å²) >= 11 is 0. The number of ether oxygens (including phenoxy) is 1. The zero-order chi connectivity index (χ0) is 16.6. The molecule has 128 valence electrons. The van der Waals surface area contributed by atoms with Gasteiger partial charge in [0.25, 0.3) is 0 Å². The maximum absolute atomic E-state index is 14.1. The predicted molar refractivity (Wildman–Crippen MR) is 83.6 cm³/mol. The number of hydrogen-bond acceptors (Lipinski definition) is 3. The molecule has 0 amide bonds. The summed E-state index contributed by atoms with van der Waals surface area (Å²) in [7, 11) is 0. The Morgan fingerprint density at radius 2 is 2.00 bits per heavy atom. The number of halogens is 3. The second kappa shape index (κ2) is 6.23. The smallest absolute Gasteiger partial charge is 0.387 e. The van der Waals surface area contributed by atoms with Crippen LogP contribution in [0.5, 0.6) is 5.75 Å². The van der Waals surface area contributed by atoms with Gasteiger partial charge in [0.05, 0.1) is 0 Å². The van der Waals surface area contributed by atoms with Gasteiger partial charge < -0.3 is 15.0 Å². The van der Waals surface area contributed by atoms with Crippen molar-refractivity contribution in [3.05, 3.63) is 24.0 Å². The van der Waals surface area contributed by atoms with Crippen molar-refractivity contribution in [3.63, 3.8) is 0 Å². The lowest BCUT2D eigenvalue weighted by Gasteiger charge is -2.52. The summed E-state index contributed by atoms with van der Waals surface area (Å²) in [6, 6.07) is 4.98. The van der Waals surface area contributed by atoms with Crippen LogP contribution < -0.4 is 15.0 Å². The normalized spacial score (nSPS) is 27.0. The van der Waals surface area contributed by atoms with Gasteiger partial charge in [0.2, 0.25) is 0 Å². The molecule has 3 nitrogen and oxygen atoms in total. The molecule has 1 aliphatic carbocycles. The minimum Gasteiger partial charge on any atom is -0.432 e. The lowest BCUT2D eigenvalue weighted by molar-refractivity contribution is -0.0521. The minimum atomic E-state index is -3.02. The second-order valence-electron chi connectivity index (χ2n) is 7.11. The van der Waals surface area contributed by atoms with E-state index in [1.54, 1.807) is 6.07 Å². The summed E-state index contributed by atoms with van der Waals surface area (Å²) in [6.07, 6.45) is 4.53. The van der Waals surface area contributed by atoms with E-state index in [9.17, 15) is 13.2 Å². The molecule has 1 heterocycles. The van der Waals surface area contributed by atoms with Gasteiger partial charge in [-0.25, -0.2) is 4.39 Å². The van der Waals surface area contributed by atoms with Gasteiger partial charge >= 0.3 is 6.61 Å². The van der Waals surface area contributed by atoms with Gasteiger partial charge in [-0.15, -0.1) is 0 Å². The Hall–Kier alpha value is -1.43. The molecule has 23 heavy (non-hydrogen) atoms. The minimum absolute atomic E-state index is 0.0763. The highest BCUT2D eigenvalue weighted by molar-refractivity contribution is 5.52. The quantitative estimate of drug-likeness (QED) is 0.910. The Labute approximate surface area is 134 Å². The summed E-state index contributed by atoms with van der Waals surface area (Å²) in [4.78, 5) is 2.22. The van der Waals surface area contributed by atoms with E-state index in [0.717, 1.165) is 31.5 Å². The molecule has 0 aromatic heterocycles. The van der Waals surface area contributed by atoms with Crippen molar-refractivity contribution in [2.75, 3.05) is 11.4 Å². The fourth-order valence-corrected chi connectivity index (χ4v) is 3.89. The molecule has 0 unspecified atom stereocenters. The zero-order valence-corrected chi connectivity index (χ0v) is 13.5. The third kappa shape index (κ3) is 3.57. The highest BCUT2D eigenvalue weighted by Gasteiger charge is 2.40. The summed E-state index contributed by atoms with van der Waals surface area (Å²) < 4.78 is 42.8. The highest BCUT2D eigenvalue weighted by Crippen LogP contribution is 2.35. The first kappa shape index (κ1) is 16.4. The van der Waals surface area contributed by atoms with Gasteiger partial charge in [-0.3, -0.25) is 0 Å². The summed E-state index contributed by atoms with van der Waals surface area (Å²) in [5, 5.41) is 3.69. The van der Waals surface area contributed by atoms with Gasteiger partial charge in [-0.1, -0.05) is 12.8 Å². The number of hydrogen-bond donors (Lipinski definition) is 1. The van der Waals surface area contributed by atoms with E-state index in [4.69, 9.17) is 0 Å². The molecule has 0 radical (unpaired) electrons. The predicted octanol–water partition coefficient (Wildman–Crippen LogP) is 3.93. The first-order valence-corrected chi connectivity index (χ1v) is 8.14. The molecule has 1 saturated carbocycles. The topological polar surface area (TPSA) is 24.5 Å². The number of rotatable bonds is 3. The third-order valence-electron chi connectivity index (χ3n) is 4.73.